The number of amides is 1. The molecular weight excluding hydrogens is 544 g/mol. The summed E-state index contributed by atoms with van der Waals surface area (Å²) in [5.74, 6) is -2.97. The number of nitrogens with zero attached hydrogens (tertiary/aromatic N) is 1. The molecule has 0 saturated heterocycles. The van der Waals surface area contributed by atoms with Crippen molar-refractivity contribution >= 4 is 23.0 Å². The smallest absolute Gasteiger partial charge is 0.420 e. The molecule has 0 aliphatic heterocycles. The number of hydrogen-bond donors (Lipinski definition) is 2. The Hall–Kier alpha value is -5.19. The highest BCUT2D eigenvalue weighted by Crippen LogP contribution is 2.31. The molecule has 0 aliphatic carbocycles. The molecule has 11 heteroatoms. The minimum absolute atomic E-state index is 0.0298. The Bertz CT molecular complexity index is 1800. The lowest BCUT2D eigenvalue weighted by Crippen LogP contribution is -2.24. The van der Waals surface area contributed by atoms with Crippen molar-refractivity contribution in [1.29, 1.82) is 0 Å². The number of alkyl halides is 3. The number of oxazole rings is 1. The highest BCUT2D eigenvalue weighted by Gasteiger charge is 2.30. The van der Waals surface area contributed by atoms with Gasteiger partial charge in [0.2, 0.25) is 0 Å². The van der Waals surface area contributed by atoms with Crippen molar-refractivity contribution in [2.24, 2.45) is 0 Å². The number of fused-ring (bicyclic) bond motifs is 1. The summed E-state index contributed by atoms with van der Waals surface area (Å²) in [6.07, 6.45) is -4.52. The zero-order valence-corrected chi connectivity index (χ0v) is 21.0. The van der Waals surface area contributed by atoms with Crippen LogP contribution in [0.25, 0.3) is 22.2 Å². The van der Waals surface area contributed by atoms with E-state index in [2.05, 4.69) is 5.32 Å². The minimum atomic E-state index is -4.52. The number of nitrogens with one attached hydrogen (secondary N) is 1. The van der Waals surface area contributed by atoms with Crippen molar-refractivity contribution < 1.29 is 36.7 Å². The Kier molecular flexibility index (Phi) is 7.19. The molecule has 0 fully saturated rings. The van der Waals surface area contributed by atoms with Crippen molar-refractivity contribution in [1.82, 2.24) is 9.88 Å². The van der Waals surface area contributed by atoms with Gasteiger partial charge in [-0.1, -0.05) is 36.4 Å². The van der Waals surface area contributed by atoms with Crippen molar-refractivity contribution in [3.05, 3.63) is 129 Å². The van der Waals surface area contributed by atoms with E-state index in [9.17, 15) is 31.9 Å². The number of hydrogen-bond acceptors (Lipinski definition) is 4. The summed E-state index contributed by atoms with van der Waals surface area (Å²) in [6.45, 7) is -0.140. The Labute approximate surface area is 229 Å². The molecule has 2 N–H and O–H groups in total. The molecule has 41 heavy (non-hydrogen) atoms. The van der Waals surface area contributed by atoms with E-state index in [1.165, 1.54) is 60.7 Å². The van der Waals surface area contributed by atoms with E-state index in [-0.39, 0.29) is 35.3 Å². The van der Waals surface area contributed by atoms with Crippen LogP contribution in [0.15, 0.2) is 94.1 Å². The van der Waals surface area contributed by atoms with Gasteiger partial charge in [-0.05, 0) is 70.8 Å². The quantitative estimate of drug-likeness (QED) is 0.233. The third-order valence-corrected chi connectivity index (χ3v) is 6.46. The van der Waals surface area contributed by atoms with E-state index in [0.717, 1.165) is 16.7 Å². The van der Waals surface area contributed by atoms with Gasteiger partial charge in [0.15, 0.2) is 5.58 Å². The van der Waals surface area contributed by atoms with Gasteiger partial charge < -0.3 is 14.8 Å². The van der Waals surface area contributed by atoms with Crippen LogP contribution in [0.3, 0.4) is 0 Å². The number of benzene rings is 4. The second kappa shape index (κ2) is 10.8. The van der Waals surface area contributed by atoms with Crippen LogP contribution in [0.4, 0.5) is 17.6 Å². The molecule has 0 aliphatic rings. The van der Waals surface area contributed by atoms with E-state index in [0.29, 0.717) is 22.3 Å². The lowest BCUT2D eigenvalue weighted by molar-refractivity contribution is -0.137. The van der Waals surface area contributed by atoms with Crippen LogP contribution >= 0.6 is 0 Å². The molecule has 5 aromatic rings. The molecular formula is C30H20F4N2O5. The first-order chi connectivity index (χ1) is 19.5. The first-order valence-corrected chi connectivity index (χ1v) is 12.2. The first kappa shape index (κ1) is 27.4. The van der Waals surface area contributed by atoms with Gasteiger partial charge in [0.25, 0.3) is 5.91 Å². The van der Waals surface area contributed by atoms with Gasteiger partial charge in [-0.2, -0.15) is 13.2 Å². The number of halogens is 4. The molecule has 0 radical (unpaired) electrons. The molecule has 0 bridgehead atoms. The zero-order chi connectivity index (χ0) is 29.3. The van der Waals surface area contributed by atoms with Gasteiger partial charge >= 0.3 is 17.9 Å². The Balaban J connectivity index is 1.54. The third kappa shape index (κ3) is 5.88. The lowest BCUT2D eigenvalue weighted by atomic mass is 10.0. The van der Waals surface area contributed by atoms with Crippen LogP contribution < -0.4 is 11.1 Å². The molecule has 0 spiro atoms. The lowest BCUT2D eigenvalue weighted by Gasteiger charge is -2.12. The van der Waals surface area contributed by atoms with Gasteiger partial charge in [0, 0.05) is 6.54 Å². The molecule has 0 saturated carbocycles. The molecule has 1 amide bonds. The molecule has 4 aromatic carbocycles. The monoisotopic (exact) mass is 564 g/mol. The third-order valence-electron chi connectivity index (χ3n) is 6.46. The number of carboxylic acid groups (broad SMARTS) is 1. The minimum Gasteiger partial charge on any atom is -0.478 e. The topological polar surface area (TPSA) is 102 Å². The van der Waals surface area contributed by atoms with Crippen LogP contribution in [0.2, 0.25) is 0 Å². The van der Waals surface area contributed by atoms with Crippen molar-refractivity contribution in [2.45, 2.75) is 19.3 Å². The number of rotatable bonds is 7. The largest absolute Gasteiger partial charge is 0.478 e. The highest BCUT2D eigenvalue weighted by atomic mass is 19.4. The van der Waals surface area contributed by atoms with E-state index in [4.69, 9.17) is 9.52 Å². The Morgan fingerprint density at radius 3 is 2.10 bits per heavy atom. The fraction of sp³-hybridized carbons (Fsp3) is 0.100. The number of aromatic carboxylic acids is 1. The number of carboxylic acids is 1. The summed E-state index contributed by atoms with van der Waals surface area (Å²) >= 11 is 0. The second-order valence-electron chi connectivity index (χ2n) is 9.21. The number of carbonyl (C=O) groups excluding carboxylic acids is 1. The molecule has 1 heterocycles. The maximum atomic E-state index is 13.5. The normalized spacial score (nSPS) is 11.5. The molecule has 0 atom stereocenters. The standard InChI is InChI=1S/C30H20F4N2O5/c31-23-11-7-19(8-12-23)21-13-24(27(37)35-15-17-1-5-20(6-2-17)28(38)39)26-25(14-21)41-29(40)36(26)16-18-3-9-22(10-4-18)30(32,33)34/h1-14H,15-16H2,(H,35,37)(H,38,39). The maximum absolute atomic E-state index is 13.5. The fourth-order valence-corrected chi connectivity index (χ4v) is 4.35. The van der Waals surface area contributed by atoms with E-state index in [1.54, 1.807) is 12.1 Å². The van der Waals surface area contributed by atoms with E-state index >= 15 is 0 Å². The zero-order valence-electron chi connectivity index (χ0n) is 21.0. The average molecular weight is 564 g/mol. The van der Waals surface area contributed by atoms with Gasteiger partial charge in [-0.3, -0.25) is 9.36 Å². The summed E-state index contributed by atoms with van der Waals surface area (Å²) in [7, 11) is 0. The van der Waals surface area contributed by atoms with Gasteiger partial charge in [0.05, 0.1) is 23.2 Å². The molecule has 0 unspecified atom stereocenters. The SMILES string of the molecule is O=C(O)c1ccc(CNC(=O)c2cc(-c3ccc(F)cc3)cc3oc(=O)n(Cc4ccc(C(F)(F)F)cc4)c23)cc1. The van der Waals surface area contributed by atoms with E-state index in [1.807, 2.05) is 0 Å². The van der Waals surface area contributed by atoms with Crippen LogP contribution in [-0.4, -0.2) is 21.6 Å². The molecule has 7 nitrogen and oxygen atoms in total. The van der Waals surface area contributed by atoms with Gasteiger partial charge in [0.1, 0.15) is 11.3 Å². The maximum Gasteiger partial charge on any atom is 0.420 e. The molecule has 5 rings (SSSR count). The van der Waals surface area contributed by atoms with Crippen LogP contribution in [-0.2, 0) is 19.3 Å². The van der Waals surface area contributed by atoms with Gasteiger partial charge in [-0.25, -0.2) is 14.0 Å². The first-order valence-electron chi connectivity index (χ1n) is 12.2. The molecule has 1 aromatic heterocycles. The highest BCUT2D eigenvalue weighted by molar-refractivity contribution is 6.06. The summed E-state index contributed by atoms with van der Waals surface area (Å²) in [5.41, 5.74) is 1.46. The Morgan fingerprint density at radius 2 is 1.49 bits per heavy atom. The predicted octanol–water partition coefficient (Wildman–Crippen LogP) is 6.10. The molecule has 208 valence electrons. The Morgan fingerprint density at radius 1 is 0.854 bits per heavy atom. The summed E-state index contributed by atoms with van der Waals surface area (Å²) in [5, 5.41) is 11.8. The van der Waals surface area contributed by atoms with Crippen LogP contribution in [0, 0.1) is 5.82 Å². The van der Waals surface area contributed by atoms with Crippen molar-refractivity contribution in [2.75, 3.05) is 0 Å². The van der Waals surface area contributed by atoms with Crippen LogP contribution in [0.1, 0.15) is 37.4 Å². The van der Waals surface area contributed by atoms with Crippen LogP contribution in [0.5, 0.6) is 0 Å². The average Bonchev–Trinajstić information content (AvgIpc) is 3.26. The van der Waals surface area contributed by atoms with Gasteiger partial charge in [-0.15, -0.1) is 0 Å². The fourth-order valence-electron chi connectivity index (χ4n) is 4.35. The van der Waals surface area contributed by atoms with Crippen molar-refractivity contribution in [3.63, 3.8) is 0 Å². The summed E-state index contributed by atoms with van der Waals surface area (Å²) in [6, 6.07) is 18.7. The van der Waals surface area contributed by atoms with Crippen molar-refractivity contribution in [3.8, 4) is 11.1 Å². The second-order valence-corrected chi connectivity index (χ2v) is 9.21. The number of carbonyl (C=O) groups is 2. The number of aromatic nitrogens is 1. The summed E-state index contributed by atoms with van der Waals surface area (Å²) in [4.78, 5) is 37.5. The van der Waals surface area contributed by atoms with E-state index < -0.39 is 35.2 Å². The summed E-state index contributed by atoms with van der Waals surface area (Å²) < 4.78 is 59.1. The predicted molar refractivity (Wildman–Crippen MR) is 141 cm³/mol.